The van der Waals surface area contributed by atoms with E-state index in [1.165, 1.54) is 0 Å². The largest absolute Gasteiger partial charge is 0.488 e. The quantitative estimate of drug-likeness (QED) is 0.757. The zero-order chi connectivity index (χ0) is 18.4. The molecular formula is C17H26N2O5S. The van der Waals surface area contributed by atoms with Crippen LogP contribution in [0.3, 0.4) is 0 Å². The van der Waals surface area contributed by atoms with Gasteiger partial charge in [-0.25, -0.2) is 13.2 Å². The van der Waals surface area contributed by atoms with Crippen molar-refractivity contribution < 1.29 is 22.7 Å². The third-order valence-electron chi connectivity index (χ3n) is 3.96. The van der Waals surface area contributed by atoms with Gasteiger partial charge in [0, 0.05) is 25.3 Å². The second-order valence-electron chi connectivity index (χ2n) is 6.42. The molecule has 0 bridgehead atoms. The minimum atomic E-state index is -3.01. The highest BCUT2D eigenvalue weighted by molar-refractivity contribution is 7.91. The smallest absolute Gasteiger partial charge is 0.315 e. The maximum atomic E-state index is 12.0. The van der Waals surface area contributed by atoms with Crippen molar-refractivity contribution in [2.45, 2.75) is 39.0 Å². The fourth-order valence-electron chi connectivity index (χ4n) is 2.72. The molecule has 0 spiro atoms. The molecule has 2 unspecified atom stereocenters. The van der Waals surface area contributed by atoms with E-state index in [0.29, 0.717) is 25.3 Å². The van der Waals surface area contributed by atoms with Crippen molar-refractivity contribution in [1.29, 1.82) is 0 Å². The first-order valence-electron chi connectivity index (χ1n) is 8.29. The summed E-state index contributed by atoms with van der Waals surface area (Å²) in [5.74, 6) is 0.840. The van der Waals surface area contributed by atoms with E-state index in [-0.39, 0.29) is 29.7 Å². The molecule has 0 saturated carbocycles. The van der Waals surface area contributed by atoms with Gasteiger partial charge < -0.3 is 20.1 Å². The zero-order valence-corrected chi connectivity index (χ0v) is 15.7. The van der Waals surface area contributed by atoms with E-state index in [2.05, 4.69) is 10.6 Å². The molecule has 8 heteroatoms. The number of hydrogen-bond donors (Lipinski definition) is 2. The van der Waals surface area contributed by atoms with Gasteiger partial charge in [0.25, 0.3) is 0 Å². The Morgan fingerprint density at radius 1 is 1.40 bits per heavy atom. The molecule has 1 saturated heterocycles. The highest BCUT2D eigenvalue weighted by Gasteiger charge is 2.28. The topological polar surface area (TPSA) is 93.7 Å². The number of ether oxygens (including phenoxy) is 2. The molecule has 2 atom stereocenters. The van der Waals surface area contributed by atoms with Crippen LogP contribution < -0.4 is 15.4 Å². The molecule has 1 aromatic rings. The molecule has 25 heavy (non-hydrogen) atoms. The fourth-order valence-corrected chi connectivity index (χ4v) is 4.40. The Labute approximate surface area is 149 Å². The van der Waals surface area contributed by atoms with Crippen LogP contribution in [0.4, 0.5) is 4.79 Å². The Morgan fingerprint density at radius 3 is 2.80 bits per heavy atom. The van der Waals surface area contributed by atoms with Crippen molar-refractivity contribution in [2.24, 2.45) is 0 Å². The summed E-state index contributed by atoms with van der Waals surface area (Å²) in [5.41, 5.74) is 1.91. The SMILES string of the molecule is COCC(C)Oc1cc(C)ccc1CNC(=O)NC1CCS(=O)(=O)C1. The van der Waals surface area contributed by atoms with Crippen molar-refractivity contribution >= 4 is 15.9 Å². The molecule has 1 heterocycles. The summed E-state index contributed by atoms with van der Waals surface area (Å²) in [6, 6.07) is 5.08. The second-order valence-corrected chi connectivity index (χ2v) is 8.65. The van der Waals surface area contributed by atoms with Gasteiger partial charge in [-0.1, -0.05) is 12.1 Å². The first kappa shape index (κ1) is 19.5. The highest BCUT2D eigenvalue weighted by atomic mass is 32.2. The fraction of sp³-hybridized carbons (Fsp3) is 0.588. The van der Waals surface area contributed by atoms with Gasteiger partial charge in [-0.2, -0.15) is 0 Å². The highest BCUT2D eigenvalue weighted by Crippen LogP contribution is 2.21. The number of carbonyl (C=O) groups is 1. The molecule has 1 aliphatic heterocycles. The monoisotopic (exact) mass is 370 g/mol. The van der Waals surface area contributed by atoms with Crippen LogP contribution in [-0.4, -0.2) is 51.8 Å². The number of methoxy groups -OCH3 is 1. The molecular weight excluding hydrogens is 344 g/mol. The lowest BCUT2D eigenvalue weighted by molar-refractivity contribution is 0.0913. The zero-order valence-electron chi connectivity index (χ0n) is 14.9. The van der Waals surface area contributed by atoms with Crippen molar-refractivity contribution in [3.05, 3.63) is 29.3 Å². The summed E-state index contributed by atoms with van der Waals surface area (Å²) in [7, 11) is -1.40. The van der Waals surface area contributed by atoms with Crippen LogP contribution in [-0.2, 0) is 21.1 Å². The lowest BCUT2D eigenvalue weighted by Gasteiger charge is -2.18. The third kappa shape index (κ3) is 6.21. The summed E-state index contributed by atoms with van der Waals surface area (Å²) < 4.78 is 33.8. The second kappa shape index (κ2) is 8.53. The van der Waals surface area contributed by atoms with Gasteiger partial charge in [0.1, 0.15) is 11.9 Å². The molecule has 7 nitrogen and oxygen atoms in total. The van der Waals surface area contributed by atoms with E-state index < -0.39 is 9.84 Å². The lowest BCUT2D eigenvalue weighted by Crippen LogP contribution is -2.42. The Kier molecular flexibility index (Phi) is 6.66. The molecule has 0 radical (unpaired) electrons. The Bertz CT molecular complexity index is 705. The van der Waals surface area contributed by atoms with Crippen molar-refractivity contribution in [3.8, 4) is 5.75 Å². The molecule has 2 amide bonds. The Balaban J connectivity index is 1.92. The molecule has 2 N–H and O–H groups in total. The van der Waals surface area contributed by atoms with E-state index in [1.54, 1.807) is 7.11 Å². The van der Waals surface area contributed by atoms with Crippen LogP contribution in [0.2, 0.25) is 0 Å². The molecule has 140 valence electrons. The predicted molar refractivity (Wildman–Crippen MR) is 95.6 cm³/mol. The number of hydrogen-bond acceptors (Lipinski definition) is 5. The summed E-state index contributed by atoms with van der Waals surface area (Å²) in [6.07, 6.45) is 0.353. The molecule has 2 rings (SSSR count). The van der Waals surface area contributed by atoms with Gasteiger partial charge in [-0.05, 0) is 31.9 Å². The maximum absolute atomic E-state index is 12.0. The van der Waals surface area contributed by atoms with Gasteiger partial charge in [-0.3, -0.25) is 0 Å². The summed E-state index contributed by atoms with van der Waals surface area (Å²) >= 11 is 0. The van der Waals surface area contributed by atoms with Crippen LogP contribution in [0.25, 0.3) is 0 Å². The van der Waals surface area contributed by atoms with E-state index in [1.807, 2.05) is 32.0 Å². The Hall–Kier alpha value is -1.80. The first-order chi connectivity index (χ1) is 11.8. The summed E-state index contributed by atoms with van der Waals surface area (Å²) in [4.78, 5) is 12.0. The van der Waals surface area contributed by atoms with Gasteiger partial charge >= 0.3 is 6.03 Å². The standard InChI is InChI=1S/C17H26N2O5S/c1-12-4-5-14(16(8-12)24-13(2)10-23-3)9-18-17(20)19-15-6-7-25(21,22)11-15/h4-5,8,13,15H,6-7,9-11H2,1-3H3,(H2,18,19,20). The van der Waals surface area contributed by atoms with Gasteiger partial charge in [0.15, 0.2) is 9.84 Å². The van der Waals surface area contributed by atoms with Crippen LogP contribution in [0.5, 0.6) is 5.75 Å². The molecule has 0 aliphatic carbocycles. The van der Waals surface area contributed by atoms with Gasteiger partial charge in [0.2, 0.25) is 0 Å². The minimum absolute atomic E-state index is 0.00778. The number of carbonyl (C=O) groups excluding carboxylic acids is 1. The van der Waals surface area contributed by atoms with E-state index in [9.17, 15) is 13.2 Å². The van der Waals surface area contributed by atoms with E-state index >= 15 is 0 Å². The number of sulfone groups is 1. The van der Waals surface area contributed by atoms with Crippen LogP contribution in [0.1, 0.15) is 24.5 Å². The van der Waals surface area contributed by atoms with Crippen molar-refractivity contribution in [1.82, 2.24) is 10.6 Å². The number of benzene rings is 1. The molecule has 1 fully saturated rings. The average molecular weight is 370 g/mol. The first-order valence-corrected chi connectivity index (χ1v) is 10.1. The lowest BCUT2D eigenvalue weighted by atomic mass is 10.1. The predicted octanol–water partition coefficient (Wildman–Crippen LogP) is 1.40. The number of urea groups is 1. The van der Waals surface area contributed by atoms with Crippen LogP contribution in [0, 0.1) is 6.92 Å². The van der Waals surface area contributed by atoms with E-state index in [4.69, 9.17) is 9.47 Å². The summed E-state index contributed by atoms with van der Waals surface area (Å²) in [6.45, 7) is 4.65. The van der Waals surface area contributed by atoms with E-state index in [0.717, 1.165) is 11.1 Å². The van der Waals surface area contributed by atoms with Gasteiger partial charge in [-0.15, -0.1) is 0 Å². The molecule has 1 aromatic carbocycles. The number of rotatable bonds is 7. The van der Waals surface area contributed by atoms with Gasteiger partial charge in [0.05, 0.1) is 18.1 Å². The van der Waals surface area contributed by atoms with Crippen LogP contribution >= 0.6 is 0 Å². The normalized spacial score (nSPS) is 20.0. The molecule has 1 aliphatic rings. The summed E-state index contributed by atoms with van der Waals surface area (Å²) in [5, 5.41) is 5.47. The van der Waals surface area contributed by atoms with Crippen molar-refractivity contribution in [2.75, 3.05) is 25.2 Å². The number of nitrogens with one attached hydrogen (secondary N) is 2. The van der Waals surface area contributed by atoms with Crippen molar-refractivity contribution in [3.63, 3.8) is 0 Å². The molecule has 0 aromatic heterocycles. The van der Waals surface area contributed by atoms with Crippen LogP contribution in [0.15, 0.2) is 18.2 Å². The number of aryl methyl sites for hydroxylation is 1. The minimum Gasteiger partial charge on any atom is -0.488 e. The Morgan fingerprint density at radius 2 is 2.16 bits per heavy atom. The third-order valence-corrected chi connectivity index (χ3v) is 5.73. The average Bonchev–Trinajstić information content (AvgIpc) is 2.85. The number of amides is 2. The maximum Gasteiger partial charge on any atom is 0.315 e.